The van der Waals surface area contributed by atoms with Crippen molar-refractivity contribution in [3.8, 4) is 0 Å². The maximum atomic E-state index is 12.5. The molecule has 1 heterocycles. The standard InChI is InChI=1S/C19H27N3O.BrH/c1-2-3-6-14-9-11-15(12-10-14)19(23)21-22-13-16-7-4-5-8-17(16)18(22)20;/h4-5,7-8,14-15,20H,2-3,6,9-13H2,1H3,(H,21,23);1H. The van der Waals surface area contributed by atoms with Crippen molar-refractivity contribution in [3.05, 3.63) is 35.4 Å². The Morgan fingerprint density at radius 1 is 1.25 bits per heavy atom. The molecule has 0 radical (unpaired) electrons. The van der Waals surface area contributed by atoms with Crippen LogP contribution in [-0.4, -0.2) is 16.8 Å². The molecule has 0 saturated heterocycles. The minimum absolute atomic E-state index is 0. The molecular weight excluding hydrogens is 366 g/mol. The molecule has 1 amide bonds. The molecule has 0 unspecified atom stereocenters. The van der Waals surface area contributed by atoms with E-state index in [-0.39, 0.29) is 28.8 Å². The smallest absolute Gasteiger partial charge is 0.241 e. The van der Waals surface area contributed by atoms with Gasteiger partial charge < -0.3 is 0 Å². The summed E-state index contributed by atoms with van der Waals surface area (Å²) >= 11 is 0. The minimum atomic E-state index is 0. The first kappa shape index (κ1) is 19.0. The Bertz CT molecular complexity index is 582. The normalized spacial score (nSPS) is 22.7. The second-order valence-corrected chi connectivity index (χ2v) is 6.93. The maximum Gasteiger partial charge on any atom is 0.241 e. The van der Waals surface area contributed by atoms with Crippen molar-refractivity contribution in [2.45, 2.75) is 58.4 Å². The van der Waals surface area contributed by atoms with Crippen molar-refractivity contribution in [3.63, 3.8) is 0 Å². The lowest BCUT2D eigenvalue weighted by atomic mass is 9.79. The number of amidine groups is 1. The number of nitrogens with zero attached hydrogens (tertiary/aromatic N) is 1. The fraction of sp³-hybridized carbons (Fsp3) is 0.579. The van der Waals surface area contributed by atoms with Gasteiger partial charge in [0.15, 0.2) is 0 Å². The second kappa shape index (κ2) is 8.65. The lowest BCUT2D eigenvalue weighted by Crippen LogP contribution is -2.45. The molecule has 5 heteroatoms. The lowest BCUT2D eigenvalue weighted by molar-refractivity contribution is -0.129. The van der Waals surface area contributed by atoms with Gasteiger partial charge in [-0.25, -0.2) is 0 Å². The van der Waals surface area contributed by atoms with E-state index in [0.29, 0.717) is 12.4 Å². The number of hydrogen-bond donors (Lipinski definition) is 2. The minimum Gasteiger partial charge on any atom is -0.283 e. The summed E-state index contributed by atoms with van der Waals surface area (Å²) in [6.07, 6.45) is 8.23. The number of hydrazine groups is 1. The number of unbranched alkanes of at least 4 members (excludes halogenated alkanes) is 1. The van der Waals surface area contributed by atoms with Gasteiger partial charge in [-0.3, -0.25) is 20.6 Å². The molecule has 1 aliphatic heterocycles. The van der Waals surface area contributed by atoms with Gasteiger partial charge in [-0.05, 0) is 37.2 Å². The monoisotopic (exact) mass is 393 g/mol. The van der Waals surface area contributed by atoms with E-state index < -0.39 is 0 Å². The number of hydrogen-bond acceptors (Lipinski definition) is 2. The van der Waals surface area contributed by atoms with Gasteiger partial charge in [0.25, 0.3) is 0 Å². The summed E-state index contributed by atoms with van der Waals surface area (Å²) in [7, 11) is 0. The number of benzene rings is 1. The molecule has 1 aromatic rings. The highest BCUT2D eigenvalue weighted by Crippen LogP contribution is 2.32. The average molecular weight is 394 g/mol. The van der Waals surface area contributed by atoms with E-state index in [9.17, 15) is 4.79 Å². The first-order valence-electron chi connectivity index (χ1n) is 8.94. The van der Waals surface area contributed by atoms with Crippen LogP contribution in [0.1, 0.15) is 63.0 Å². The Balaban J connectivity index is 0.00000208. The SMILES string of the molecule is Br.CCCCC1CCC(C(=O)NN2Cc3ccccc3C2=N)CC1. The maximum absolute atomic E-state index is 12.5. The van der Waals surface area contributed by atoms with Gasteiger partial charge in [0.05, 0.1) is 6.54 Å². The van der Waals surface area contributed by atoms with Gasteiger partial charge in [-0.2, -0.15) is 0 Å². The molecule has 2 aliphatic rings. The number of rotatable bonds is 5. The van der Waals surface area contributed by atoms with E-state index in [1.807, 2.05) is 24.3 Å². The zero-order valence-electron chi connectivity index (χ0n) is 14.4. The largest absolute Gasteiger partial charge is 0.283 e. The molecule has 3 rings (SSSR count). The van der Waals surface area contributed by atoms with Crippen molar-refractivity contribution < 1.29 is 4.79 Å². The van der Waals surface area contributed by atoms with E-state index in [4.69, 9.17) is 5.41 Å². The van der Waals surface area contributed by atoms with Crippen LogP contribution < -0.4 is 5.43 Å². The van der Waals surface area contributed by atoms with Gasteiger partial charge in [0.1, 0.15) is 5.84 Å². The van der Waals surface area contributed by atoms with Crippen LogP contribution in [0.3, 0.4) is 0 Å². The molecule has 0 bridgehead atoms. The molecule has 132 valence electrons. The number of amides is 1. The Morgan fingerprint density at radius 2 is 1.96 bits per heavy atom. The molecule has 1 aliphatic carbocycles. The first-order chi connectivity index (χ1) is 11.2. The fourth-order valence-corrected chi connectivity index (χ4v) is 3.81. The molecule has 1 fully saturated rings. The Kier molecular flexibility index (Phi) is 6.84. The van der Waals surface area contributed by atoms with Crippen LogP contribution in [0.2, 0.25) is 0 Å². The van der Waals surface area contributed by atoms with Crippen LogP contribution in [0, 0.1) is 17.2 Å². The molecule has 0 aromatic heterocycles. The van der Waals surface area contributed by atoms with Crippen LogP contribution in [0.15, 0.2) is 24.3 Å². The third kappa shape index (κ3) is 4.18. The number of carbonyl (C=O) groups is 1. The summed E-state index contributed by atoms with van der Waals surface area (Å²) in [5, 5.41) is 9.90. The zero-order chi connectivity index (χ0) is 16.2. The molecular formula is C19H28BrN3O. The summed E-state index contributed by atoms with van der Waals surface area (Å²) in [4.78, 5) is 12.5. The second-order valence-electron chi connectivity index (χ2n) is 6.93. The highest BCUT2D eigenvalue weighted by Gasteiger charge is 2.30. The average Bonchev–Trinajstić information content (AvgIpc) is 2.90. The van der Waals surface area contributed by atoms with Gasteiger partial charge >= 0.3 is 0 Å². The first-order valence-corrected chi connectivity index (χ1v) is 8.94. The van der Waals surface area contributed by atoms with Crippen LogP contribution in [0.4, 0.5) is 0 Å². The predicted octanol–water partition coefficient (Wildman–Crippen LogP) is 4.43. The third-order valence-corrected chi connectivity index (χ3v) is 5.30. The highest BCUT2D eigenvalue weighted by atomic mass is 79.9. The predicted molar refractivity (Wildman–Crippen MR) is 102 cm³/mol. The van der Waals surface area contributed by atoms with Gasteiger partial charge in [-0.1, -0.05) is 50.5 Å². The molecule has 0 atom stereocenters. The summed E-state index contributed by atoms with van der Waals surface area (Å²) in [5.74, 6) is 1.43. The highest BCUT2D eigenvalue weighted by molar-refractivity contribution is 8.93. The molecule has 0 spiro atoms. The molecule has 1 saturated carbocycles. The number of fused-ring (bicyclic) bond motifs is 1. The summed E-state index contributed by atoms with van der Waals surface area (Å²) in [6.45, 7) is 2.84. The number of carbonyl (C=O) groups excluding carboxylic acids is 1. The quantitative estimate of drug-likeness (QED) is 0.776. The Labute approximate surface area is 155 Å². The van der Waals surface area contributed by atoms with Crippen molar-refractivity contribution in [1.29, 1.82) is 5.41 Å². The molecule has 2 N–H and O–H groups in total. The van der Waals surface area contributed by atoms with E-state index in [2.05, 4.69) is 12.3 Å². The van der Waals surface area contributed by atoms with Crippen molar-refractivity contribution in [2.75, 3.05) is 0 Å². The van der Waals surface area contributed by atoms with Crippen molar-refractivity contribution >= 4 is 28.7 Å². The Hall–Kier alpha value is -1.36. The van der Waals surface area contributed by atoms with Gasteiger partial charge in [0.2, 0.25) is 5.91 Å². The zero-order valence-corrected chi connectivity index (χ0v) is 16.1. The summed E-state index contributed by atoms with van der Waals surface area (Å²) in [5.41, 5.74) is 5.01. The Morgan fingerprint density at radius 3 is 2.62 bits per heavy atom. The molecule has 1 aromatic carbocycles. The lowest BCUT2D eigenvalue weighted by Gasteiger charge is -2.29. The molecule has 4 nitrogen and oxygen atoms in total. The molecule has 24 heavy (non-hydrogen) atoms. The number of nitrogens with one attached hydrogen (secondary N) is 2. The topological polar surface area (TPSA) is 56.2 Å². The van der Waals surface area contributed by atoms with E-state index >= 15 is 0 Å². The van der Waals surface area contributed by atoms with E-state index in [1.165, 1.54) is 32.1 Å². The van der Waals surface area contributed by atoms with Crippen LogP contribution >= 0.6 is 17.0 Å². The number of halogens is 1. The van der Waals surface area contributed by atoms with E-state index in [0.717, 1.165) is 29.9 Å². The van der Waals surface area contributed by atoms with E-state index in [1.54, 1.807) is 5.01 Å². The van der Waals surface area contributed by atoms with Gasteiger partial charge in [-0.15, -0.1) is 17.0 Å². The fourth-order valence-electron chi connectivity index (χ4n) is 3.81. The van der Waals surface area contributed by atoms with Gasteiger partial charge in [0, 0.05) is 11.5 Å². The van der Waals surface area contributed by atoms with Crippen LogP contribution in [0.25, 0.3) is 0 Å². The van der Waals surface area contributed by atoms with Crippen molar-refractivity contribution in [2.24, 2.45) is 11.8 Å². The van der Waals surface area contributed by atoms with Crippen LogP contribution in [0.5, 0.6) is 0 Å². The third-order valence-electron chi connectivity index (χ3n) is 5.30. The van der Waals surface area contributed by atoms with Crippen LogP contribution in [-0.2, 0) is 11.3 Å². The summed E-state index contributed by atoms with van der Waals surface area (Å²) in [6, 6.07) is 7.89. The summed E-state index contributed by atoms with van der Waals surface area (Å²) < 4.78 is 0. The van der Waals surface area contributed by atoms with Crippen molar-refractivity contribution in [1.82, 2.24) is 10.4 Å².